The van der Waals surface area contributed by atoms with Gasteiger partial charge in [-0.1, -0.05) is 0 Å². The van der Waals surface area contributed by atoms with E-state index in [2.05, 4.69) is 4.98 Å². The smallest absolute Gasteiger partial charge is 0.437 e. The van der Waals surface area contributed by atoms with Gasteiger partial charge in [-0.25, -0.2) is 13.6 Å². The molecule has 1 aromatic rings. The van der Waals surface area contributed by atoms with Crippen LogP contribution in [0.3, 0.4) is 0 Å². The van der Waals surface area contributed by atoms with Gasteiger partial charge in [0.15, 0.2) is 11.0 Å². The third-order valence-corrected chi connectivity index (χ3v) is 6.90. The molecule has 1 saturated heterocycles. The summed E-state index contributed by atoms with van der Waals surface area (Å²) in [6, 6.07) is 1.15. The van der Waals surface area contributed by atoms with Crippen LogP contribution in [-0.2, 0) is 41.9 Å². The molecular formula is C22H35N2O12PS. The first-order chi connectivity index (χ1) is 17.3. The highest BCUT2D eigenvalue weighted by atomic mass is 32.1. The van der Waals surface area contributed by atoms with Crippen molar-refractivity contribution >= 4 is 32.0 Å². The molecule has 1 aliphatic heterocycles. The lowest BCUT2D eigenvalue weighted by Crippen LogP contribution is -2.44. The number of hydrogen-bond acceptors (Lipinski definition) is 13. The Balaban J connectivity index is 2.14. The molecule has 1 aliphatic rings. The fraction of sp³-hybridized carbons (Fsp3) is 0.727. The Morgan fingerprint density at radius 1 is 1.11 bits per heavy atom. The number of aliphatic hydroxyl groups excluding tert-OH is 1. The topological polar surface area (TPSA) is 185 Å². The Labute approximate surface area is 224 Å². The monoisotopic (exact) mass is 582 g/mol. The van der Waals surface area contributed by atoms with Gasteiger partial charge in [0.05, 0.1) is 17.4 Å². The third kappa shape index (κ3) is 8.26. The van der Waals surface area contributed by atoms with Crippen molar-refractivity contribution in [2.24, 2.45) is 10.8 Å². The van der Waals surface area contributed by atoms with Crippen molar-refractivity contribution in [3.63, 3.8) is 0 Å². The van der Waals surface area contributed by atoms with Crippen LogP contribution in [0.2, 0.25) is 0 Å². The highest BCUT2D eigenvalue weighted by Crippen LogP contribution is 2.51. The van der Waals surface area contributed by atoms with Gasteiger partial charge in [-0.2, -0.15) is 0 Å². The van der Waals surface area contributed by atoms with Gasteiger partial charge in [0.1, 0.15) is 17.8 Å². The predicted molar refractivity (Wildman–Crippen MR) is 133 cm³/mol. The van der Waals surface area contributed by atoms with Crippen LogP contribution in [0.1, 0.15) is 54.7 Å². The van der Waals surface area contributed by atoms with E-state index in [1.165, 1.54) is 17.7 Å². The average Bonchev–Trinajstić information content (AvgIpc) is 3.00. The van der Waals surface area contributed by atoms with Crippen LogP contribution < -0.4 is 5.56 Å². The van der Waals surface area contributed by atoms with Gasteiger partial charge in [-0.05, 0) is 60.7 Å². The van der Waals surface area contributed by atoms with E-state index >= 15 is 0 Å². The maximum atomic E-state index is 13.2. The van der Waals surface area contributed by atoms with Gasteiger partial charge in [0, 0.05) is 12.3 Å². The van der Waals surface area contributed by atoms with Crippen molar-refractivity contribution < 1.29 is 52.1 Å². The predicted octanol–water partition coefficient (Wildman–Crippen LogP) is 2.17. The van der Waals surface area contributed by atoms with Gasteiger partial charge in [-0.15, -0.1) is 0 Å². The van der Waals surface area contributed by atoms with Crippen LogP contribution in [0.25, 0.3) is 0 Å². The molecule has 0 bridgehead atoms. The standard InChI is InChI=1S/C22H35N2O12PS/c1-20(2,3)17(27)31-11-34-37(30,35-12-32-18(28)21(4,5)6)33-10-13-15(26)22(7,29)16(36-13)24-9-8-14(25)23-19(24)38/h8-9,13,15-16,26,29H,10-12H2,1-7H3,(H,23,25,38)/t13-,15+,16-,22?/m1/s1. The Kier molecular flexibility index (Phi) is 10.2. The highest BCUT2D eigenvalue weighted by Gasteiger charge is 2.53. The van der Waals surface area contributed by atoms with Gasteiger partial charge in [0.25, 0.3) is 5.56 Å². The fourth-order valence-corrected chi connectivity index (χ4v) is 4.16. The third-order valence-electron chi connectivity index (χ3n) is 5.28. The Morgan fingerprint density at radius 2 is 1.61 bits per heavy atom. The number of nitrogens with one attached hydrogen (secondary N) is 1. The zero-order valence-electron chi connectivity index (χ0n) is 22.3. The first-order valence-electron chi connectivity index (χ1n) is 11.5. The molecule has 216 valence electrons. The number of ether oxygens (including phenoxy) is 3. The van der Waals surface area contributed by atoms with E-state index in [0.29, 0.717) is 0 Å². The van der Waals surface area contributed by atoms with Crippen LogP contribution in [0, 0.1) is 15.6 Å². The lowest BCUT2D eigenvalue weighted by atomic mass is 9.96. The number of carbonyl (C=O) groups excluding carboxylic acids is 2. The highest BCUT2D eigenvalue weighted by molar-refractivity contribution is 7.71. The molecule has 0 aromatic carbocycles. The molecule has 1 unspecified atom stereocenters. The zero-order valence-corrected chi connectivity index (χ0v) is 24.0. The molecule has 14 nitrogen and oxygen atoms in total. The molecule has 2 heterocycles. The molecule has 3 N–H and O–H groups in total. The maximum absolute atomic E-state index is 13.2. The quantitative estimate of drug-likeness (QED) is 0.158. The minimum absolute atomic E-state index is 0.0739. The number of phosphoric ester groups is 1. The molecule has 0 aliphatic carbocycles. The SMILES string of the molecule is CC(C)(C)C(=O)OCOP(=O)(OCOC(=O)C(C)(C)C)OC[C@H]1O[C@@H](n2ccc(=O)[nH]c2=S)C(C)(O)[C@H]1O. The van der Waals surface area contributed by atoms with Gasteiger partial charge < -0.3 is 24.4 Å². The number of esters is 2. The summed E-state index contributed by atoms with van der Waals surface area (Å²) in [4.78, 5) is 37.9. The summed E-state index contributed by atoms with van der Waals surface area (Å²) in [7, 11) is -4.57. The number of aliphatic hydroxyl groups is 2. The fourth-order valence-electron chi connectivity index (χ4n) is 2.99. The summed E-state index contributed by atoms with van der Waals surface area (Å²) in [5, 5.41) is 21.6. The minimum atomic E-state index is -4.57. The molecule has 16 heteroatoms. The van der Waals surface area contributed by atoms with Gasteiger partial charge >= 0.3 is 19.8 Å². The number of hydrogen-bond donors (Lipinski definition) is 3. The number of H-pyrrole nitrogens is 1. The number of carbonyl (C=O) groups is 2. The van der Waals surface area contributed by atoms with E-state index in [-0.39, 0.29) is 4.77 Å². The molecule has 0 spiro atoms. The molecule has 38 heavy (non-hydrogen) atoms. The molecular weight excluding hydrogens is 547 g/mol. The van der Waals surface area contributed by atoms with Crippen LogP contribution in [-0.4, -0.2) is 69.7 Å². The minimum Gasteiger partial charge on any atom is -0.437 e. The Hall–Kier alpha value is -1.97. The summed E-state index contributed by atoms with van der Waals surface area (Å²) >= 11 is 5.11. The zero-order chi connectivity index (χ0) is 29.1. The van der Waals surface area contributed by atoms with Gasteiger partial charge in [0.2, 0.25) is 13.6 Å². The van der Waals surface area contributed by atoms with E-state index in [1.807, 2.05) is 0 Å². The number of phosphoric acid groups is 1. The summed E-state index contributed by atoms with van der Waals surface area (Å²) in [5.74, 6) is -1.32. The van der Waals surface area contributed by atoms with E-state index in [9.17, 15) is 29.2 Å². The van der Waals surface area contributed by atoms with Crippen molar-refractivity contribution in [1.29, 1.82) is 0 Å². The van der Waals surface area contributed by atoms with Gasteiger partial charge in [-0.3, -0.25) is 28.5 Å². The summed E-state index contributed by atoms with van der Waals surface area (Å²) < 4.78 is 45.4. The second-order valence-electron chi connectivity index (χ2n) is 10.8. The number of rotatable bonds is 10. The normalized spacial score (nSPS) is 24.3. The summed E-state index contributed by atoms with van der Waals surface area (Å²) in [6.07, 6.45) is -2.83. The molecule has 0 radical (unpaired) electrons. The Morgan fingerprint density at radius 3 is 2.05 bits per heavy atom. The molecule has 0 saturated carbocycles. The second kappa shape index (κ2) is 12.0. The van der Waals surface area contributed by atoms with E-state index in [1.54, 1.807) is 41.5 Å². The van der Waals surface area contributed by atoms with Crippen molar-refractivity contribution in [3.05, 3.63) is 27.4 Å². The van der Waals surface area contributed by atoms with Crippen molar-refractivity contribution in [1.82, 2.24) is 9.55 Å². The lowest BCUT2D eigenvalue weighted by Gasteiger charge is -2.28. The molecule has 1 aromatic heterocycles. The molecule has 4 atom stereocenters. The first kappa shape index (κ1) is 32.2. The molecule has 0 amide bonds. The number of aromatic amines is 1. The average molecular weight is 583 g/mol. The van der Waals surface area contributed by atoms with Crippen molar-refractivity contribution in [3.8, 4) is 0 Å². The second-order valence-corrected chi connectivity index (χ2v) is 12.9. The van der Waals surface area contributed by atoms with E-state index in [0.717, 1.165) is 6.07 Å². The molecule has 2 rings (SSSR count). The van der Waals surface area contributed by atoms with Crippen LogP contribution in [0.4, 0.5) is 0 Å². The Bertz CT molecular complexity index is 1130. The van der Waals surface area contributed by atoms with Crippen LogP contribution >= 0.6 is 20.0 Å². The summed E-state index contributed by atoms with van der Waals surface area (Å²) in [5.41, 5.74) is -4.13. The number of aromatic nitrogens is 2. The van der Waals surface area contributed by atoms with E-state index < -0.39 is 80.4 Å². The maximum Gasteiger partial charge on any atom is 0.480 e. The van der Waals surface area contributed by atoms with Crippen molar-refractivity contribution in [2.75, 3.05) is 20.2 Å². The molecule has 1 fully saturated rings. The van der Waals surface area contributed by atoms with Crippen LogP contribution in [0.15, 0.2) is 17.1 Å². The summed E-state index contributed by atoms with van der Waals surface area (Å²) in [6.45, 7) is 8.61. The lowest BCUT2D eigenvalue weighted by molar-refractivity contribution is -0.163. The van der Waals surface area contributed by atoms with Crippen LogP contribution in [0.5, 0.6) is 0 Å². The number of nitrogens with zero attached hydrogens (tertiary/aromatic N) is 1. The van der Waals surface area contributed by atoms with E-state index in [4.69, 9.17) is 40.0 Å². The largest absolute Gasteiger partial charge is 0.480 e. The van der Waals surface area contributed by atoms with Crippen molar-refractivity contribution in [2.45, 2.75) is 72.5 Å². The first-order valence-corrected chi connectivity index (χ1v) is 13.4.